The number of rotatable bonds is 0. The van der Waals surface area contributed by atoms with Gasteiger partial charge in [-0.05, 0) is 0 Å². The third kappa shape index (κ3) is 201. The molecule has 0 aromatic rings. The van der Waals surface area contributed by atoms with Gasteiger partial charge in [0.25, 0.3) is 11.0 Å². The summed E-state index contributed by atoms with van der Waals surface area (Å²) in [6.07, 6.45) is 0. The van der Waals surface area contributed by atoms with Crippen molar-refractivity contribution in [3.63, 3.8) is 0 Å². The zero-order valence-corrected chi connectivity index (χ0v) is 4.61. The van der Waals surface area contributed by atoms with E-state index >= 15 is 0 Å². The molecule has 0 fully saturated rings. The van der Waals surface area contributed by atoms with E-state index < -0.39 is 11.0 Å². The zero-order valence-electron chi connectivity index (χ0n) is 3.71. The summed E-state index contributed by atoms with van der Waals surface area (Å²) in [7, 11) is -3.12. The summed E-state index contributed by atoms with van der Waals surface area (Å²) >= 11 is 0. The molecule has 7 heavy (non-hydrogen) atoms. The third-order valence-electron chi connectivity index (χ3n) is 0. The van der Waals surface area contributed by atoms with E-state index in [0.717, 1.165) is 0 Å². The fourth-order valence-corrected chi connectivity index (χ4v) is 0. The van der Waals surface area contributed by atoms with E-state index in [1.165, 1.54) is 0 Å². The molecule has 0 atom stereocenters. The summed E-state index contributed by atoms with van der Waals surface area (Å²) in [4.78, 5) is 0. The van der Waals surface area contributed by atoms with E-state index in [2.05, 4.69) is 0 Å². The van der Waals surface area contributed by atoms with Gasteiger partial charge in [-0.25, -0.2) is 8.42 Å². The molecule has 5 heteroatoms. The first-order valence-electron chi connectivity index (χ1n) is 1.57. The van der Waals surface area contributed by atoms with E-state index in [1.807, 2.05) is 13.8 Å². The van der Waals surface area contributed by atoms with E-state index in [1.54, 1.807) is 0 Å². The van der Waals surface area contributed by atoms with Crippen molar-refractivity contribution >= 4 is 40.5 Å². The molecular formula is C2H9NaO3S. The SMILES string of the molecule is CC.O=[SH](=O)O.[NaH]. The minimum absolute atomic E-state index is 0. The molecule has 0 saturated carbocycles. The Bertz CT molecular complexity index is 61.3. The van der Waals surface area contributed by atoms with Gasteiger partial charge in [-0.2, -0.15) is 0 Å². The number of thiol groups is 1. The summed E-state index contributed by atoms with van der Waals surface area (Å²) in [5.74, 6) is 0. The molecular weight excluding hydrogens is 127 g/mol. The Morgan fingerprint density at radius 3 is 1.29 bits per heavy atom. The van der Waals surface area contributed by atoms with E-state index in [-0.39, 0.29) is 29.6 Å². The summed E-state index contributed by atoms with van der Waals surface area (Å²) in [6.45, 7) is 4.00. The van der Waals surface area contributed by atoms with Crippen LogP contribution in [0, 0.1) is 0 Å². The molecule has 0 saturated heterocycles. The molecule has 0 bridgehead atoms. The van der Waals surface area contributed by atoms with Crippen LogP contribution < -0.4 is 0 Å². The minimum atomic E-state index is -3.12. The van der Waals surface area contributed by atoms with E-state index in [4.69, 9.17) is 13.0 Å². The Morgan fingerprint density at radius 1 is 1.29 bits per heavy atom. The molecule has 42 valence electrons. The van der Waals surface area contributed by atoms with Crippen molar-refractivity contribution in [3.05, 3.63) is 0 Å². The van der Waals surface area contributed by atoms with Crippen LogP contribution in [0.15, 0.2) is 0 Å². The average molecular weight is 136 g/mol. The third-order valence-corrected chi connectivity index (χ3v) is 0. The predicted octanol–water partition coefficient (Wildman–Crippen LogP) is -0.552. The Balaban J connectivity index is -0.0000000480. The van der Waals surface area contributed by atoms with Gasteiger partial charge in [0.2, 0.25) is 0 Å². The van der Waals surface area contributed by atoms with Gasteiger partial charge in [0.05, 0.1) is 0 Å². The van der Waals surface area contributed by atoms with Crippen LogP contribution in [-0.2, 0) is 11.0 Å². The molecule has 0 rings (SSSR count). The first-order chi connectivity index (χ1) is 2.73. The second kappa shape index (κ2) is 15.8. The molecule has 0 aliphatic heterocycles. The summed E-state index contributed by atoms with van der Waals surface area (Å²) in [5.41, 5.74) is 0. The van der Waals surface area contributed by atoms with Crippen molar-refractivity contribution in [2.45, 2.75) is 13.8 Å². The summed E-state index contributed by atoms with van der Waals surface area (Å²) in [6, 6.07) is 0. The van der Waals surface area contributed by atoms with Gasteiger partial charge in [-0.1, -0.05) is 13.8 Å². The summed E-state index contributed by atoms with van der Waals surface area (Å²) in [5, 5.41) is 0. The quantitative estimate of drug-likeness (QED) is 0.267. The van der Waals surface area contributed by atoms with Crippen molar-refractivity contribution in [3.8, 4) is 0 Å². The van der Waals surface area contributed by atoms with Crippen molar-refractivity contribution < 1.29 is 13.0 Å². The fourth-order valence-electron chi connectivity index (χ4n) is 0. The fraction of sp³-hybridized carbons (Fsp3) is 1.00. The molecule has 0 unspecified atom stereocenters. The number of hydrogen-bond acceptors (Lipinski definition) is 2. The van der Waals surface area contributed by atoms with Crippen LogP contribution in [0.25, 0.3) is 0 Å². The van der Waals surface area contributed by atoms with E-state index in [9.17, 15) is 0 Å². The molecule has 0 aromatic heterocycles. The molecule has 0 aliphatic carbocycles. The van der Waals surface area contributed by atoms with Crippen LogP contribution in [0.5, 0.6) is 0 Å². The van der Waals surface area contributed by atoms with Crippen molar-refractivity contribution in [2.24, 2.45) is 0 Å². The van der Waals surface area contributed by atoms with Gasteiger partial charge in [0.15, 0.2) is 0 Å². The predicted molar refractivity (Wildman–Crippen MR) is 31.4 cm³/mol. The zero-order chi connectivity index (χ0) is 5.58. The van der Waals surface area contributed by atoms with E-state index in [0.29, 0.717) is 0 Å². The first-order valence-corrected chi connectivity index (χ1v) is 2.70. The van der Waals surface area contributed by atoms with Crippen LogP contribution >= 0.6 is 0 Å². The molecule has 0 heterocycles. The molecule has 0 aliphatic rings. The normalized spacial score (nSPS) is 5.71. The van der Waals surface area contributed by atoms with Gasteiger partial charge in [0, 0.05) is 0 Å². The Morgan fingerprint density at radius 2 is 1.29 bits per heavy atom. The van der Waals surface area contributed by atoms with Crippen LogP contribution in [-0.4, -0.2) is 42.5 Å². The van der Waals surface area contributed by atoms with Gasteiger partial charge in [-0.3, -0.25) is 4.55 Å². The molecule has 0 spiro atoms. The summed E-state index contributed by atoms with van der Waals surface area (Å²) < 4.78 is 24.2. The Hall–Kier alpha value is 0.910. The maximum absolute atomic E-state index is 8.59. The topological polar surface area (TPSA) is 54.4 Å². The van der Waals surface area contributed by atoms with Gasteiger partial charge in [-0.15, -0.1) is 0 Å². The maximum atomic E-state index is 8.59. The van der Waals surface area contributed by atoms with Crippen LogP contribution in [0.1, 0.15) is 13.8 Å². The first kappa shape index (κ1) is 15.7. The van der Waals surface area contributed by atoms with Gasteiger partial charge in [0.1, 0.15) is 0 Å². The monoisotopic (exact) mass is 136 g/mol. The van der Waals surface area contributed by atoms with Gasteiger partial charge < -0.3 is 0 Å². The van der Waals surface area contributed by atoms with Crippen molar-refractivity contribution in [1.29, 1.82) is 0 Å². The average Bonchev–Trinajstić information content (AvgIpc) is 1.41. The number of hydrogen-bond donors (Lipinski definition) is 2. The Labute approximate surface area is 67.2 Å². The second-order valence-electron chi connectivity index (χ2n) is 0.238. The van der Waals surface area contributed by atoms with Crippen molar-refractivity contribution in [2.75, 3.05) is 0 Å². The Kier molecular flexibility index (Phi) is 35.3. The molecule has 3 nitrogen and oxygen atoms in total. The standard InChI is InChI=1S/C2H6.Na.H2O3S.H/c1-2;;1-4(2)3;/h1-2H3;;4H,(H,1,2,3);. The van der Waals surface area contributed by atoms with Crippen LogP contribution in [0.2, 0.25) is 0 Å². The van der Waals surface area contributed by atoms with Crippen molar-refractivity contribution in [1.82, 2.24) is 0 Å². The van der Waals surface area contributed by atoms with Crippen LogP contribution in [0.3, 0.4) is 0 Å². The molecule has 0 radical (unpaired) electrons. The molecule has 1 N–H and O–H groups in total. The molecule has 0 aromatic carbocycles. The van der Waals surface area contributed by atoms with Crippen LogP contribution in [0.4, 0.5) is 0 Å². The second-order valence-corrected chi connectivity index (χ2v) is 0.714. The molecule has 0 amide bonds. The van der Waals surface area contributed by atoms with Gasteiger partial charge >= 0.3 is 29.6 Å².